The van der Waals surface area contributed by atoms with Crippen LogP contribution in [0.15, 0.2) is 66.7 Å². The van der Waals surface area contributed by atoms with E-state index in [-0.39, 0.29) is 17.9 Å². The molecule has 0 aromatic heterocycles. The third-order valence-electron chi connectivity index (χ3n) is 5.54. The molecule has 0 heterocycles. The maximum absolute atomic E-state index is 13.0. The van der Waals surface area contributed by atoms with E-state index in [1.165, 1.54) is 0 Å². The Morgan fingerprint density at radius 2 is 1.59 bits per heavy atom. The van der Waals surface area contributed by atoms with E-state index in [0.29, 0.717) is 39.6 Å². The summed E-state index contributed by atoms with van der Waals surface area (Å²) in [5.41, 5.74) is 9.44. The third kappa shape index (κ3) is 5.38. The molecule has 7 nitrogen and oxygen atoms in total. The molecule has 34 heavy (non-hydrogen) atoms. The number of nitrogens with two attached hydrogens (primary N) is 1. The van der Waals surface area contributed by atoms with Gasteiger partial charge >= 0.3 is 0 Å². The van der Waals surface area contributed by atoms with Gasteiger partial charge in [0.2, 0.25) is 0 Å². The Bertz CT molecular complexity index is 1230. The Morgan fingerprint density at radius 1 is 0.912 bits per heavy atom. The largest absolute Gasteiger partial charge is 0.493 e. The molecule has 1 aliphatic carbocycles. The average Bonchev–Trinajstić information content (AvgIpc) is 3.67. The quantitative estimate of drug-likeness (QED) is 0.265. The van der Waals surface area contributed by atoms with Crippen molar-refractivity contribution in [2.24, 2.45) is 0 Å². The van der Waals surface area contributed by atoms with E-state index in [9.17, 15) is 9.59 Å². The minimum Gasteiger partial charge on any atom is -0.493 e. The molecule has 1 aliphatic rings. The van der Waals surface area contributed by atoms with Gasteiger partial charge in [-0.05, 0) is 66.4 Å². The smallest absolute Gasteiger partial charge is 0.255 e. The molecule has 0 atom stereocenters. The van der Waals surface area contributed by atoms with Crippen LogP contribution in [0.2, 0.25) is 0 Å². The van der Waals surface area contributed by atoms with Gasteiger partial charge in [0.15, 0.2) is 11.5 Å². The van der Waals surface area contributed by atoms with Crippen LogP contribution in [0.5, 0.6) is 11.5 Å². The standard InChI is InChI=1S/C27H27N3O4/c1-33-24-14-11-19(16-25(24)34-2)21(27(32)29-20-12-13-20)15-17-7-9-18(10-8-17)26(31)30-23-6-4-3-5-22(23)28/h3-11,14-16,20H,12-13,28H2,1-2H3,(H,29,32)(H,30,31). The number of benzene rings is 3. The molecular formula is C27H27N3O4. The predicted molar refractivity (Wildman–Crippen MR) is 134 cm³/mol. The second kappa shape index (κ2) is 10.1. The summed E-state index contributed by atoms with van der Waals surface area (Å²) in [7, 11) is 3.13. The highest BCUT2D eigenvalue weighted by molar-refractivity contribution is 6.24. The van der Waals surface area contributed by atoms with Crippen LogP contribution in [-0.2, 0) is 4.79 Å². The number of ether oxygens (including phenoxy) is 2. The van der Waals surface area contributed by atoms with Crippen molar-refractivity contribution in [2.45, 2.75) is 18.9 Å². The monoisotopic (exact) mass is 457 g/mol. The lowest BCUT2D eigenvalue weighted by molar-refractivity contribution is -0.115. The molecule has 0 spiro atoms. The Balaban J connectivity index is 1.60. The van der Waals surface area contributed by atoms with Gasteiger partial charge in [0.25, 0.3) is 11.8 Å². The van der Waals surface area contributed by atoms with Crippen molar-refractivity contribution in [3.63, 3.8) is 0 Å². The van der Waals surface area contributed by atoms with E-state index >= 15 is 0 Å². The van der Waals surface area contributed by atoms with Crippen LogP contribution >= 0.6 is 0 Å². The summed E-state index contributed by atoms with van der Waals surface area (Å²) in [6.45, 7) is 0. The second-order valence-corrected chi connectivity index (χ2v) is 8.04. The fourth-order valence-electron chi connectivity index (χ4n) is 3.48. The number of nitrogen functional groups attached to an aromatic ring is 1. The van der Waals surface area contributed by atoms with Gasteiger partial charge in [0.1, 0.15) is 0 Å². The molecule has 1 fully saturated rings. The van der Waals surface area contributed by atoms with Crippen LogP contribution < -0.4 is 25.8 Å². The summed E-state index contributed by atoms with van der Waals surface area (Å²) in [6, 6.07) is 19.7. The molecule has 0 aliphatic heterocycles. The molecule has 1 saturated carbocycles. The molecule has 174 valence electrons. The van der Waals surface area contributed by atoms with Crippen molar-refractivity contribution in [3.05, 3.63) is 83.4 Å². The Kier molecular flexibility index (Phi) is 6.82. The highest BCUT2D eigenvalue weighted by Crippen LogP contribution is 2.32. The molecule has 0 radical (unpaired) electrons. The van der Waals surface area contributed by atoms with Gasteiger partial charge in [-0.25, -0.2) is 0 Å². The highest BCUT2D eigenvalue weighted by Gasteiger charge is 2.25. The number of para-hydroxylation sites is 2. The number of hydrogen-bond acceptors (Lipinski definition) is 5. The normalized spacial score (nSPS) is 13.2. The average molecular weight is 458 g/mol. The summed E-state index contributed by atoms with van der Waals surface area (Å²) < 4.78 is 10.7. The zero-order valence-corrected chi connectivity index (χ0v) is 19.1. The van der Waals surface area contributed by atoms with Crippen LogP contribution in [-0.4, -0.2) is 32.1 Å². The number of carbonyl (C=O) groups is 2. The molecular weight excluding hydrogens is 430 g/mol. The van der Waals surface area contributed by atoms with Crippen LogP contribution in [0.4, 0.5) is 11.4 Å². The summed E-state index contributed by atoms with van der Waals surface area (Å²) in [5, 5.41) is 5.86. The van der Waals surface area contributed by atoms with Crippen LogP contribution in [0.1, 0.15) is 34.3 Å². The van der Waals surface area contributed by atoms with E-state index in [1.54, 1.807) is 68.8 Å². The predicted octanol–water partition coefficient (Wildman–Crippen LogP) is 4.36. The number of amides is 2. The number of carbonyl (C=O) groups excluding carboxylic acids is 2. The SMILES string of the molecule is COc1ccc(C(=Cc2ccc(C(=O)Nc3ccccc3N)cc2)C(=O)NC2CC2)cc1OC. The molecule has 4 rings (SSSR count). The first kappa shape index (κ1) is 22.9. The minimum absolute atomic E-state index is 0.156. The molecule has 3 aromatic carbocycles. The van der Waals surface area contributed by atoms with Gasteiger partial charge in [-0.15, -0.1) is 0 Å². The number of methoxy groups -OCH3 is 2. The van der Waals surface area contributed by atoms with E-state index < -0.39 is 0 Å². The van der Waals surface area contributed by atoms with Crippen LogP contribution in [0.25, 0.3) is 11.6 Å². The van der Waals surface area contributed by atoms with Gasteiger partial charge < -0.3 is 25.8 Å². The molecule has 3 aromatic rings. The summed E-state index contributed by atoms with van der Waals surface area (Å²) in [5.74, 6) is 0.705. The van der Waals surface area contributed by atoms with Crippen molar-refractivity contribution in [1.29, 1.82) is 0 Å². The number of rotatable bonds is 8. The number of hydrogen-bond donors (Lipinski definition) is 3. The maximum atomic E-state index is 13.0. The zero-order chi connectivity index (χ0) is 24.1. The molecule has 0 bridgehead atoms. The topological polar surface area (TPSA) is 103 Å². The van der Waals surface area contributed by atoms with Crippen molar-refractivity contribution in [1.82, 2.24) is 5.32 Å². The first-order valence-corrected chi connectivity index (χ1v) is 11.0. The highest BCUT2D eigenvalue weighted by atomic mass is 16.5. The lowest BCUT2D eigenvalue weighted by Gasteiger charge is -2.13. The summed E-state index contributed by atoms with van der Waals surface area (Å²) in [6.07, 6.45) is 3.78. The van der Waals surface area contributed by atoms with Gasteiger partial charge in [-0.2, -0.15) is 0 Å². The van der Waals surface area contributed by atoms with E-state index in [4.69, 9.17) is 15.2 Å². The second-order valence-electron chi connectivity index (χ2n) is 8.04. The fourth-order valence-corrected chi connectivity index (χ4v) is 3.48. The Hall–Kier alpha value is -4.26. The van der Waals surface area contributed by atoms with Gasteiger partial charge in [0, 0.05) is 17.2 Å². The lowest BCUT2D eigenvalue weighted by Crippen LogP contribution is -2.26. The van der Waals surface area contributed by atoms with E-state index in [2.05, 4.69) is 10.6 Å². The van der Waals surface area contributed by atoms with Crippen LogP contribution in [0, 0.1) is 0 Å². The molecule has 4 N–H and O–H groups in total. The molecule has 7 heteroatoms. The lowest BCUT2D eigenvalue weighted by atomic mass is 10.0. The first-order chi connectivity index (χ1) is 16.5. The van der Waals surface area contributed by atoms with Crippen molar-refractivity contribution in [2.75, 3.05) is 25.3 Å². The zero-order valence-electron chi connectivity index (χ0n) is 19.1. The summed E-state index contributed by atoms with van der Waals surface area (Å²) in [4.78, 5) is 25.7. The maximum Gasteiger partial charge on any atom is 0.255 e. The molecule has 0 unspecified atom stereocenters. The number of anilines is 2. The third-order valence-corrected chi connectivity index (χ3v) is 5.54. The van der Waals surface area contributed by atoms with Crippen LogP contribution in [0.3, 0.4) is 0 Å². The van der Waals surface area contributed by atoms with E-state index in [0.717, 1.165) is 18.4 Å². The van der Waals surface area contributed by atoms with Gasteiger partial charge in [-0.1, -0.05) is 30.3 Å². The van der Waals surface area contributed by atoms with Crippen molar-refractivity contribution < 1.29 is 19.1 Å². The minimum atomic E-state index is -0.264. The van der Waals surface area contributed by atoms with Gasteiger partial charge in [-0.3, -0.25) is 9.59 Å². The van der Waals surface area contributed by atoms with E-state index in [1.807, 2.05) is 18.2 Å². The number of nitrogens with one attached hydrogen (secondary N) is 2. The molecule has 0 saturated heterocycles. The Labute approximate surface area is 198 Å². The fraction of sp³-hybridized carbons (Fsp3) is 0.185. The molecule has 2 amide bonds. The van der Waals surface area contributed by atoms with Crippen molar-refractivity contribution >= 4 is 34.8 Å². The first-order valence-electron chi connectivity index (χ1n) is 11.0. The Morgan fingerprint density at radius 3 is 2.24 bits per heavy atom. The summed E-state index contributed by atoms with van der Waals surface area (Å²) >= 11 is 0. The van der Waals surface area contributed by atoms with Crippen molar-refractivity contribution in [3.8, 4) is 11.5 Å². The van der Waals surface area contributed by atoms with Gasteiger partial charge in [0.05, 0.1) is 25.6 Å².